The molecule has 0 unspecified atom stereocenters. The van der Waals surface area contributed by atoms with Crippen molar-refractivity contribution in [2.24, 2.45) is 0 Å². The summed E-state index contributed by atoms with van der Waals surface area (Å²) in [5.41, 5.74) is 3.35. The number of fused-ring (bicyclic) bond motifs is 1. The first-order chi connectivity index (χ1) is 14.7. The van der Waals surface area contributed by atoms with Gasteiger partial charge in [0, 0.05) is 12.5 Å². The van der Waals surface area contributed by atoms with Crippen LogP contribution in [0.4, 0.5) is 18.9 Å². The number of halogens is 3. The molecular formula is C24H16F3NO3. The van der Waals surface area contributed by atoms with Crippen molar-refractivity contribution >= 4 is 23.5 Å². The molecule has 0 fully saturated rings. The number of para-hydroxylation sites is 1. The third-order valence-corrected chi connectivity index (χ3v) is 4.79. The monoisotopic (exact) mass is 423 g/mol. The number of ether oxygens (including phenoxy) is 1. The predicted molar refractivity (Wildman–Crippen MR) is 110 cm³/mol. The van der Waals surface area contributed by atoms with Gasteiger partial charge in [-0.15, -0.1) is 13.2 Å². The molecule has 3 aromatic carbocycles. The van der Waals surface area contributed by atoms with Crippen molar-refractivity contribution in [1.29, 1.82) is 0 Å². The molecule has 0 spiro atoms. The van der Waals surface area contributed by atoms with E-state index in [2.05, 4.69) is 4.74 Å². The highest BCUT2D eigenvalue weighted by atomic mass is 19.4. The Balaban J connectivity index is 1.67. The zero-order chi connectivity index (χ0) is 22.2. The summed E-state index contributed by atoms with van der Waals surface area (Å²) in [6, 6.07) is 19.6. The van der Waals surface area contributed by atoms with Gasteiger partial charge in [-0.25, -0.2) is 0 Å². The zero-order valence-electron chi connectivity index (χ0n) is 16.3. The maximum absolute atomic E-state index is 12.9. The van der Waals surface area contributed by atoms with Gasteiger partial charge in [0.1, 0.15) is 5.75 Å². The lowest BCUT2D eigenvalue weighted by Crippen LogP contribution is -2.25. The molecular weight excluding hydrogens is 407 g/mol. The number of hydrogen-bond acceptors (Lipinski definition) is 3. The third kappa shape index (κ3) is 4.21. The van der Waals surface area contributed by atoms with Crippen LogP contribution in [0.25, 0.3) is 17.2 Å². The van der Waals surface area contributed by atoms with Crippen molar-refractivity contribution in [3.8, 4) is 16.9 Å². The lowest BCUT2D eigenvalue weighted by atomic mass is 10.0. The number of allylic oxidation sites excluding steroid dienone is 1. The standard InChI is InChI=1S/C24H16F3NO3/c1-15(29)28-21-8-3-2-7-20(21)23(30)22(28)14-16-5-4-6-18(13-16)17-9-11-19(12-10-17)31-24(25,26)27/h2-14H,1H3/b22-14+. The van der Waals surface area contributed by atoms with Crippen LogP contribution >= 0.6 is 0 Å². The number of hydrogen-bond donors (Lipinski definition) is 0. The smallest absolute Gasteiger partial charge is 0.406 e. The molecule has 1 amide bonds. The summed E-state index contributed by atoms with van der Waals surface area (Å²) in [6.45, 7) is 1.39. The van der Waals surface area contributed by atoms with E-state index >= 15 is 0 Å². The van der Waals surface area contributed by atoms with E-state index in [-0.39, 0.29) is 23.1 Å². The van der Waals surface area contributed by atoms with Crippen LogP contribution in [0.5, 0.6) is 5.75 Å². The largest absolute Gasteiger partial charge is 0.573 e. The van der Waals surface area contributed by atoms with Crippen molar-refractivity contribution in [1.82, 2.24) is 0 Å². The van der Waals surface area contributed by atoms with Crippen molar-refractivity contribution < 1.29 is 27.5 Å². The van der Waals surface area contributed by atoms with Crippen molar-refractivity contribution in [3.05, 3.63) is 89.6 Å². The van der Waals surface area contributed by atoms with Gasteiger partial charge in [-0.2, -0.15) is 0 Å². The van der Waals surface area contributed by atoms with E-state index in [1.54, 1.807) is 54.6 Å². The molecule has 4 rings (SSSR count). The number of Topliss-reactive ketones (excluding diaryl/α,β-unsaturated/α-hetero) is 1. The maximum Gasteiger partial charge on any atom is 0.573 e. The second-order valence-electron chi connectivity index (χ2n) is 6.93. The summed E-state index contributed by atoms with van der Waals surface area (Å²) < 4.78 is 40.9. The van der Waals surface area contributed by atoms with Gasteiger partial charge in [-0.05, 0) is 53.1 Å². The van der Waals surface area contributed by atoms with Crippen LogP contribution < -0.4 is 9.64 Å². The lowest BCUT2D eigenvalue weighted by molar-refractivity contribution is -0.274. The molecule has 0 bridgehead atoms. The van der Waals surface area contributed by atoms with Crippen molar-refractivity contribution in [2.75, 3.05) is 4.90 Å². The van der Waals surface area contributed by atoms with Crippen molar-refractivity contribution in [3.63, 3.8) is 0 Å². The van der Waals surface area contributed by atoms with E-state index in [9.17, 15) is 22.8 Å². The minimum Gasteiger partial charge on any atom is -0.406 e. The third-order valence-electron chi connectivity index (χ3n) is 4.79. The second-order valence-corrected chi connectivity index (χ2v) is 6.93. The van der Waals surface area contributed by atoms with Crippen molar-refractivity contribution in [2.45, 2.75) is 13.3 Å². The number of carbonyl (C=O) groups is 2. The molecule has 0 aliphatic carbocycles. The Bertz CT molecular complexity index is 1200. The SMILES string of the molecule is CC(=O)N1/C(=C/c2cccc(-c3ccc(OC(F)(F)F)cc3)c2)C(=O)c2ccccc21. The summed E-state index contributed by atoms with van der Waals surface area (Å²) in [5, 5.41) is 0. The Labute approximate surface area is 176 Å². The average molecular weight is 423 g/mol. The molecule has 1 aliphatic rings. The van der Waals surface area contributed by atoms with Crippen LogP contribution in [0.1, 0.15) is 22.8 Å². The molecule has 0 radical (unpaired) electrons. The number of rotatable bonds is 3. The molecule has 156 valence electrons. The number of ketones is 1. The molecule has 0 saturated heterocycles. The first-order valence-corrected chi connectivity index (χ1v) is 9.35. The average Bonchev–Trinajstić information content (AvgIpc) is 3.00. The van der Waals surface area contributed by atoms with E-state index < -0.39 is 6.36 Å². The summed E-state index contributed by atoms with van der Waals surface area (Å²) in [7, 11) is 0. The molecule has 4 nitrogen and oxygen atoms in total. The van der Waals surface area contributed by atoms with Gasteiger partial charge in [-0.3, -0.25) is 14.5 Å². The lowest BCUT2D eigenvalue weighted by Gasteiger charge is -2.16. The van der Waals surface area contributed by atoms with Gasteiger partial charge in [0.05, 0.1) is 11.4 Å². The highest BCUT2D eigenvalue weighted by Crippen LogP contribution is 2.36. The fourth-order valence-electron chi connectivity index (χ4n) is 3.51. The van der Waals surface area contributed by atoms with E-state index in [0.29, 0.717) is 22.4 Å². The van der Waals surface area contributed by atoms with Gasteiger partial charge >= 0.3 is 6.36 Å². The predicted octanol–water partition coefficient (Wildman–Crippen LogP) is 5.84. The molecule has 31 heavy (non-hydrogen) atoms. The number of carbonyl (C=O) groups excluding carboxylic acids is 2. The normalized spacial score (nSPS) is 14.6. The number of anilines is 1. The first kappa shape index (κ1) is 20.4. The van der Waals surface area contributed by atoms with Crippen LogP contribution in [-0.2, 0) is 4.79 Å². The molecule has 1 heterocycles. The zero-order valence-corrected chi connectivity index (χ0v) is 16.3. The number of benzene rings is 3. The molecule has 3 aromatic rings. The van der Waals surface area contributed by atoms with Gasteiger partial charge in [-0.1, -0.05) is 42.5 Å². The Morgan fingerprint density at radius 1 is 0.935 bits per heavy atom. The summed E-state index contributed by atoms with van der Waals surface area (Å²) in [6.07, 6.45) is -3.12. The van der Waals surface area contributed by atoms with Gasteiger partial charge < -0.3 is 4.74 Å². The van der Waals surface area contributed by atoms with Crippen LogP contribution in [0.2, 0.25) is 0 Å². The first-order valence-electron chi connectivity index (χ1n) is 9.35. The highest BCUT2D eigenvalue weighted by molar-refractivity contribution is 6.26. The summed E-state index contributed by atoms with van der Waals surface area (Å²) in [4.78, 5) is 26.5. The molecule has 0 atom stereocenters. The quantitative estimate of drug-likeness (QED) is 0.497. The van der Waals surface area contributed by atoms with Crippen LogP contribution in [0.3, 0.4) is 0 Å². The number of amides is 1. The van der Waals surface area contributed by atoms with E-state index in [4.69, 9.17) is 0 Å². The fraction of sp³-hybridized carbons (Fsp3) is 0.0833. The number of alkyl halides is 3. The second kappa shape index (κ2) is 7.75. The molecule has 0 saturated carbocycles. The van der Waals surface area contributed by atoms with Crippen LogP contribution in [-0.4, -0.2) is 18.1 Å². The topological polar surface area (TPSA) is 46.6 Å². The summed E-state index contributed by atoms with van der Waals surface area (Å²) in [5.74, 6) is -0.827. The fourth-order valence-corrected chi connectivity index (χ4v) is 3.51. The maximum atomic E-state index is 12.9. The summed E-state index contributed by atoms with van der Waals surface area (Å²) >= 11 is 0. The van der Waals surface area contributed by atoms with E-state index in [1.807, 2.05) is 0 Å². The van der Waals surface area contributed by atoms with Gasteiger partial charge in [0.25, 0.3) is 0 Å². The highest BCUT2D eigenvalue weighted by Gasteiger charge is 2.34. The van der Waals surface area contributed by atoms with E-state index in [1.165, 1.54) is 36.1 Å². The Hall–Kier alpha value is -3.87. The Kier molecular flexibility index (Phi) is 5.10. The minimum atomic E-state index is -4.75. The minimum absolute atomic E-state index is 0.246. The Morgan fingerprint density at radius 3 is 2.32 bits per heavy atom. The van der Waals surface area contributed by atoms with Crippen LogP contribution in [0.15, 0.2) is 78.5 Å². The molecule has 1 aliphatic heterocycles. The molecule has 0 N–H and O–H groups in total. The van der Waals surface area contributed by atoms with Gasteiger partial charge in [0.15, 0.2) is 0 Å². The van der Waals surface area contributed by atoms with Gasteiger partial charge in [0.2, 0.25) is 11.7 Å². The Morgan fingerprint density at radius 2 is 1.65 bits per heavy atom. The molecule has 0 aromatic heterocycles. The molecule has 7 heteroatoms. The van der Waals surface area contributed by atoms with E-state index in [0.717, 1.165) is 5.56 Å². The van der Waals surface area contributed by atoms with Crippen LogP contribution in [0, 0.1) is 0 Å². The number of nitrogens with zero attached hydrogens (tertiary/aromatic N) is 1.